The highest BCUT2D eigenvalue weighted by atomic mass is 32.1. The van der Waals surface area contributed by atoms with Crippen LogP contribution < -0.4 is 14.8 Å². The molecule has 0 saturated heterocycles. The summed E-state index contributed by atoms with van der Waals surface area (Å²) in [6.07, 6.45) is 0. The molecular formula is C14H14N2O2S. The fourth-order valence-electron chi connectivity index (χ4n) is 1.66. The molecule has 4 nitrogen and oxygen atoms in total. The Morgan fingerprint density at radius 3 is 2.74 bits per heavy atom. The number of anilines is 1. The van der Waals surface area contributed by atoms with Crippen LogP contribution in [0.4, 0.5) is 5.69 Å². The van der Waals surface area contributed by atoms with Gasteiger partial charge >= 0.3 is 0 Å². The number of ether oxygens (including phenoxy) is 2. The zero-order valence-electron chi connectivity index (χ0n) is 10.8. The van der Waals surface area contributed by atoms with E-state index in [2.05, 4.69) is 11.4 Å². The number of nitriles is 1. The summed E-state index contributed by atoms with van der Waals surface area (Å²) in [6, 6.07) is 9.63. The molecule has 0 saturated carbocycles. The lowest BCUT2D eigenvalue weighted by atomic mass is 10.2. The minimum atomic E-state index is 0.662. The van der Waals surface area contributed by atoms with Gasteiger partial charge in [-0.1, -0.05) is 0 Å². The van der Waals surface area contributed by atoms with Crippen molar-refractivity contribution in [3.63, 3.8) is 0 Å². The Labute approximate surface area is 116 Å². The van der Waals surface area contributed by atoms with E-state index in [1.165, 1.54) is 0 Å². The third kappa shape index (κ3) is 3.18. The van der Waals surface area contributed by atoms with Crippen LogP contribution in [0.1, 0.15) is 10.4 Å². The van der Waals surface area contributed by atoms with Crippen LogP contribution >= 0.6 is 11.3 Å². The molecule has 0 aliphatic carbocycles. The third-order valence-corrected chi connectivity index (χ3v) is 3.58. The maximum absolute atomic E-state index is 8.78. The molecule has 0 atom stereocenters. The van der Waals surface area contributed by atoms with Crippen molar-refractivity contribution in [2.75, 3.05) is 19.5 Å². The smallest absolute Gasteiger partial charge is 0.145 e. The van der Waals surface area contributed by atoms with Crippen molar-refractivity contribution in [3.8, 4) is 17.6 Å². The summed E-state index contributed by atoms with van der Waals surface area (Å²) in [7, 11) is 3.25. The highest BCUT2D eigenvalue weighted by molar-refractivity contribution is 7.10. The first-order valence-electron chi connectivity index (χ1n) is 5.70. The van der Waals surface area contributed by atoms with Gasteiger partial charge in [0.05, 0.1) is 25.5 Å². The van der Waals surface area contributed by atoms with Crippen LogP contribution in [0.15, 0.2) is 29.6 Å². The Hall–Kier alpha value is -2.19. The Bertz CT molecular complexity index is 602. The van der Waals surface area contributed by atoms with Gasteiger partial charge in [-0.05, 0) is 18.2 Å². The van der Waals surface area contributed by atoms with Gasteiger partial charge in [-0.3, -0.25) is 0 Å². The van der Waals surface area contributed by atoms with Crippen molar-refractivity contribution in [2.24, 2.45) is 0 Å². The van der Waals surface area contributed by atoms with E-state index in [0.717, 1.165) is 22.1 Å². The lowest BCUT2D eigenvalue weighted by Gasteiger charge is -2.11. The summed E-state index contributed by atoms with van der Waals surface area (Å²) < 4.78 is 10.5. The summed E-state index contributed by atoms with van der Waals surface area (Å²) in [6.45, 7) is 0.662. The average molecular weight is 274 g/mol. The fraction of sp³-hybridized carbons (Fsp3) is 0.214. The molecule has 0 spiro atoms. The quantitative estimate of drug-likeness (QED) is 0.909. The predicted octanol–water partition coefficient (Wildman–Crippen LogP) is 3.25. The molecule has 0 aliphatic rings. The van der Waals surface area contributed by atoms with Crippen molar-refractivity contribution < 1.29 is 9.47 Å². The normalized spacial score (nSPS) is 9.74. The van der Waals surface area contributed by atoms with Crippen molar-refractivity contribution in [1.29, 1.82) is 5.26 Å². The van der Waals surface area contributed by atoms with Crippen LogP contribution in [-0.4, -0.2) is 14.2 Å². The molecule has 0 fully saturated rings. The molecule has 0 aliphatic heterocycles. The molecule has 2 rings (SSSR count). The van der Waals surface area contributed by atoms with Gasteiger partial charge < -0.3 is 14.8 Å². The van der Waals surface area contributed by atoms with Crippen LogP contribution in [0, 0.1) is 11.3 Å². The molecule has 98 valence electrons. The first-order valence-corrected chi connectivity index (χ1v) is 6.58. The second-order valence-electron chi connectivity index (χ2n) is 3.83. The molecule has 0 amide bonds. The standard InChI is InChI=1S/C14H14N2O2S/c1-17-11-3-4-13(14(6-11)18-2)16-8-12-5-10(7-15)9-19-12/h3-6,9,16H,8H2,1-2H3. The van der Waals surface area contributed by atoms with E-state index in [1.807, 2.05) is 29.6 Å². The van der Waals surface area contributed by atoms with Gasteiger partial charge in [0.25, 0.3) is 0 Å². The van der Waals surface area contributed by atoms with E-state index >= 15 is 0 Å². The third-order valence-electron chi connectivity index (χ3n) is 2.64. The first kappa shape index (κ1) is 13.2. The van der Waals surface area contributed by atoms with Gasteiger partial charge in [-0.25, -0.2) is 0 Å². The van der Waals surface area contributed by atoms with Crippen molar-refractivity contribution >= 4 is 17.0 Å². The van der Waals surface area contributed by atoms with E-state index in [-0.39, 0.29) is 0 Å². The van der Waals surface area contributed by atoms with Crippen molar-refractivity contribution in [1.82, 2.24) is 0 Å². The van der Waals surface area contributed by atoms with E-state index in [0.29, 0.717) is 12.1 Å². The number of nitrogens with zero attached hydrogens (tertiary/aromatic N) is 1. The molecular weight excluding hydrogens is 260 g/mol. The maximum Gasteiger partial charge on any atom is 0.145 e. The SMILES string of the molecule is COc1ccc(NCc2cc(C#N)cs2)c(OC)c1. The number of hydrogen-bond acceptors (Lipinski definition) is 5. The van der Waals surface area contributed by atoms with Gasteiger partial charge in [0.1, 0.15) is 17.6 Å². The summed E-state index contributed by atoms with van der Waals surface area (Å²) >= 11 is 1.56. The molecule has 0 bridgehead atoms. The van der Waals surface area contributed by atoms with Crippen LogP contribution in [0.3, 0.4) is 0 Å². The Morgan fingerprint density at radius 1 is 1.26 bits per heavy atom. The Balaban J connectivity index is 2.08. The summed E-state index contributed by atoms with van der Waals surface area (Å²) in [4.78, 5) is 1.11. The molecule has 1 aromatic heterocycles. The van der Waals surface area contributed by atoms with E-state index in [1.54, 1.807) is 25.6 Å². The lowest BCUT2D eigenvalue weighted by molar-refractivity contribution is 0.395. The maximum atomic E-state index is 8.78. The first-order chi connectivity index (χ1) is 9.26. The monoisotopic (exact) mass is 274 g/mol. The average Bonchev–Trinajstić information content (AvgIpc) is 2.92. The molecule has 0 radical (unpaired) electrons. The highest BCUT2D eigenvalue weighted by Gasteiger charge is 2.05. The van der Waals surface area contributed by atoms with Crippen LogP contribution in [-0.2, 0) is 6.54 Å². The number of thiophene rings is 1. The minimum absolute atomic E-state index is 0.662. The van der Waals surface area contributed by atoms with Crippen LogP contribution in [0.25, 0.3) is 0 Å². The molecule has 1 heterocycles. The van der Waals surface area contributed by atoms with Crippen molar-refractivity contribution in [3.05, 3.63) is 40.1 Å². The number of benzene rings is 1. The predicted molar refractivity (Wildman–Crippen MR) is 75.9 cm³/mol. The van der Waals surface area contributed by atoms with E-state index in [9.17, 15) is 0 Å². The number of rotatable bonds is 5. The van der Waals surface area contributed by atoms with Gasteiger partial charge in [0, 0.05) is 22.9 Å². The van der Waals surface area contributed by atoms with Gasteiger partial charge in [-0.2, -0.15) is 5.26 Å². The zero-order chi connectivity index (χ0) is 13.7. The second-order valence-corrected chi connectivity index (χ2v) is 4.83. The molecule has 1 N–H and O–H groups in total. The fourth-order valence-corrected chi connectivity index (χ4v) is 2.41. The molecule has 5 heteroatoms. The summed E-state index contributed by atoms with van der Waals surface area (Å²) in [5.41, 5.74) is 1.60. The summed E-state index contributed by atoms with van der Waals surface area (Å²) in [5.74, 6) is 1.49. The second kappa shape index (κ2) is 6.12. The van der Waals surface area contributed by atoms with E-state index < -0.39 is 0 Å². The van der Waals surface area contributed by atoms with Crippen molar-refractivity contribution in [2.45, 2.75) is 6.54 Å². The molecule has 1 aromatic carbocycles. The Morgan fingerprint density at radius 2 is 2.11 bits per heavy atom. The molecule has 2 aromatic rings. The highest BCUT2D eigenvalue weighted by Crippen LogP contribution is 2.29. The van der Waals surface area contributed by atoms with Gasteiger partial charge in [-0.15, -0.1) is 11.3 Å². The molecule has 19 heavy (non-hydrogen) atoms. The molecule has 0 unspecified atom stereocenters. The Kier molecular flexibility index (Phi) is 4.26. The van der Waals surface area contributed by atoms with Gasteiger partial charge in [0.15, 0.2) is 0 Å². The topological polar surface area (TPSA) is 54.3 Å². The zero-order valence-corrected chi connectivity index (χ0v) is 11.6. The largest absolute Gasteiger partial charge is 0.497 e. The summed E-state index contributed by atoms with van der Waals surface area (Å²) in [5, 5.41) is 13.9. The number of nitrogens with one attached hydrogen (secondary N) is 1. The lowest BCUT2D eigenvalue weighted by Crippen LogP contribution is -2.00. The number of hydrogen-bond donors (Lipinski definition) is 1. The number of methoxy groups -OCH3 is 2. The van der Waals surface area contributed by atoms with Gasteiger partial charge in [0.2, 0.25) is 0 Å². The minimum Gasteiger partial charge on any atom is -0.497 e. The van der Waals surface area contributed by atoms with E-state index in [4.69, 9.17) is 14.7 Å². The van der Waals surface area contributed by atoms with Crippen LogP contribution in [0.2, 0.25) is 0 Å². The van der Waals surface area contributed by atoms with Crippen LogP contribution in [0.5, 0.6) is 11.5 Å².